The quantitative estimate of drug-likeness (QED) is 0.847. The number of nitrogens with zero attached hydrogens (tertiary/aromatic N) is 2. The zero-order valence-electron chi connectivity index (χ0n) is 12.8. The Morgan fingerprint density at radius 1 is 1.52 bits per heavy atom. The summed E-state index contributed by atoms with van der Waals surface area (Å²) < 4.78 is 0. The van der Waals surface area contributed by atoms with Crippen LogP contribution in [0.25, 0.3) is 0 Å². The Morgan fingerprint density at radius 2 is 2.24 bits per heavy atom. The number of hydrogen-bond donors (Lipinski definition) is 2. The van der Waals surface area contributed by atoms with Crippen molar-refractivity contribution in [2.75, 3.05) is 11.9 Å². The Morgan fingerprint density at radius 3 is 2.86 bits per heavy atom. The molecule has 0 spiro atoms. The Kier molecular flexibility index (Phi) is 6.14. The third-order valence-electron chi connectivity index (χ3n) is 3.79. The van der Waals surface area contributed by atoms with Crippen molar-refractivity contribution >= 4 is 22.4 Å². The molecule has 118 valence electrons. The molecule has 1 aliphatic rings. The molecule has 1 heterocycles. The van der Waals surface area contributed by atoms with Crippen LogP contribution in [0.15, 0.2) is 5.38 Å². The molecule has 21 heavy (non-hydrogen) atoms. The fourth-order valence-corrected chi connectivity index (χ4v) is 3.67. The number of rotatable bonds is 6. The Balaban J connectivity index is 1.99. The molecule has 0 bridgehead atoms. The van der Waals surface area contributed by atoms with Gasteiger partial charge < -0.3 is 10.4 Å². The molecule has 0 aliphatic heterocycles. The van der Waals surface area contributed by atoms with Crippen molar-refractivity contribution in [3.8, 4) is 0 Å². The molecule has 1 aliphatic carbocycles. The van der Waals surface area contributed by atoms with E-state index in [2.05, 4.69) is 15.2 Å². The molecule has 1 aromatic heterocycles. The average Bonchev–Trinajstić information content (AvgIpc) is 2.85. The second-order valence-electron chi connectivity index (χ2n) is 5.90. The topological polar surface area (TPSA) is 65.5 Å². The molecule has 6 heteroatoms. The van der Waals surface area contributed by atoms with Crippen LogP contribution in [0.3, 0.4) is 0 Å². The smallest absolute Gasteiger partial charge is 0.223 e. The van der Waals surface area contributed by atoms with Crippen LogP contribution in [0.1, 0.15) is 51.6 Å². The fraction of sp³-hybridized carbons (Fsp3) is 0.733. The highest BCUT2D eigenvalue weighted by Crippen LogP contribution is 2.25. The van der Waals surface area contributed by atoms with Gasteiger partial charge in [-0.05, 0) is 19.8 Å². The van der Waals surface area contributed by atoms with Crippen molar-refractivity contribution in [1.29, 1.82) is 0 Å². The van der Waals surface area contributed by atoms with E-state index in [4.69, 9.17) is 0 Å². The second-order valence-corrected chi connectivity index (χ2v) is 6.75. The van der Waals surface area contributed by atoms with E-state index >= 15 is 0 Å². The van der Waals surface area contributed by atoms with Crippen molar-refractivity contribution in [2.24, 2.45) is 0 Å². The van der Waals surface area contributed by atoms with Crippen LogP contribution in [-0.2, 0) is 11.3 Å². The first kappa shape index (κ1) is 16.4. The number of carbonyl (C=O) groups is 1. The molecule has 1 saturated carbocycles. The van der Waals surface area contributed by atoms with Gasteiger partial charge in [-0.15, -0.1) is 11.3 Å². The predicted molar refractivity (Wildman–Crippen MR) is 85.4 cm³/mol. The normalized spacial score (nSPS) is 17.9. The van der Waals surface area contributed by atoms with Gasteiger partial charge in [0.1, 0.15) is 0 Å². The maximum atomic E-state index is 11.0. The summed E-state index contributed by atoms with van der Waals surface area (Å²) in [5, 5.41) is 15.1. The number of aliphatic hydroxyl groups is 1. The molecular weight excluding hydrogens is 286 g/mol. The average molecular weight is 311 g/mol. The van der Waals surface area contributed by atoms with Crippen LogP contribution < -0.4 is 5.32 Å². The lowest BCUT2D eigenvalue weighted by Crippen LogP contribution is -2.40. The first-order valence-corrected chi connectivity index (χ1v) is 8.56. The number of amides is 1. The van der Waals surface area contributed by atoms with Crippen molar-refractivity contribution in [1.82, 2.24) is 9.88 Å². The van der Waals surface area contributed by atoms with E-state index in [-0.39, 0.29) is 12.0 Å². The number of aliphatic hydroxyl groups excluding tert-OH is 1. The zero-order valence-corrected chi connectivity index (χ0v) is 13.7. The fourth-order valence-electron chi connectivity index (χ4n) is 2.92. The summed E-state index contributed by atoms with van der Waals surface area (Å²) in [4.78, 5) is 17.8. The van der Waals surface area contributed by atoms with Crippen LogP contribution in [-0.4, -0.2) is 39.6 Å². The van der Waals surface area contributed by atoms with E-state index in [1.54, 1.807) is 0 Å². The van der Waals surface area contributed by atoms with Gasteiger partial charge in [0, 0.05) is 31.4 Å². The van der Waals surface area contributed by atoms with Gasteiger partial charge in [0.2, 0.25) is 5.91 Å². The summed E-state index contributed by atoms with van der Waals surface area (Å²) in [5.41, 5.74) is 0.968. The van der Waals surface area contributed by atoms with Crippen molar-refractivity contribution in [2.45, 2.75) is 64.6 Å². The molecule has 1 fully saturated rings. The van der Waals surface area contributed by atoms with Crippen LogP contribution in [0.5, 0.6) is 0 Å². The summed E-state index contributed by atoms with van der Waals surface area (Å²) in [6, 6.07) is 0.541. The number of nitrogens with one attached hydrogen (secondary N) is 1. The third-order valence-corrected chi connectivity index (χ3v) is 4.60. The van der Waals surface area contributed by atoms with Gasteiger partial charge in [0.05, 0.1) is 11.8 Å². The van der Waals surface area contributed by atoms with Gasteiger partial charge in [0.25, 0.3) is 0 Å². The van der Waals surface area contributed by atoms with Gasteiger partial charge in [-0.1, -0.05) is 19.3 Å². The molecule has 2 N–H and O–H groups in total. The number of carbonyl (C=O) groups excluding carboxylic acids is 1. The molecule has 5 nitrogen and oxygen atoms in total. The zero-order chi connectivity index (χ0) is 15.2. The molecule has 0 radical (unpaired) electrons. The second kappa shape index (κ2) is 7.87. The summed E-state index contributed by atoms with van der Waals surface area (Å²) in [6.45, 7) is 4.74. The highest BCUT2D eigenvalue weighted by Gasteiger charge is 2.23. The van der Waals surface area contributed by atoms with Crippen LogP contribution in [0, 0.1) is 0 Å². The number of anilines is 1. The molecular formula is C15H25N3O2S. The van der Waals surface area contributed by atoms with E-state index in [0.29, 0.717) is 17.7 Å². The van der Waals surface area contributed by atoms with Crippen molar-refractivity contribution < 1.29 is 9.90 Å². The van der Waals surface area contributed by atoms with E-state index in [9.17, 15) is 9.90 Å². The molecule has 2 rings (SSSR count). The highest BCUT2D eigenvalue weighted by atomic mass is 32.1. The highest BCUT2D eigenvalue weighted by molar-refractivity contribution is 7.13. The minimum absolute atomic E-state index is 0.0935. The van der Waals surface area contributed by atoms with E-state index in [1.165, 1.54) is 50.4 Å². The van der Waals surface area contributed by atoms with Gasteiger partial charge in [-0.3, -0.25) is 9.69 Å². The van der Waals surface area contributed by atoms with E-state index in [0.717, 1.165) is 12.2 Å². The van der Waals surface area contributed by atoms with Gasteiger partial charge >= 0.3 is 0 Å². The molecule has 1 unspecified atom stereocenters. The first-order chi connectivity index (χ1) is 10.0. The lowest BCUT2D eigenvalue weighted by molar-refractivity contribution is -0.114. The van der Waals surface area contributed by atoms with Crippen LogP contribution >= 0.6 is 11.3 Å². The van der Waals surface area contributed by atoms with Crippen molar-refractivity contribution in [3.63, 3.8) is 0 Å². The lowest BCUT2D eigenvalue weighted by Gasteiger charge is -2.34. The maximum Gasteiger partial charge on any atom is 0.223 e. The van der Waals surface area contributed by atoms with E-state index in [1.807, 2.05) is 12.3 Å². The summed E-state index contributed by atoms with van der Waals surface area (Å²) in [5.74, 6) is -0.0935. The SMILES string of the molecule is CC(=O)Nc1nc(CN(CC(C)O)C2CCCCC2)cs1. The summed E-state index contributed by atoms with van der Waals surface area (Å²) in [6.07, 6.45) is 5.94. The predicted octanol–water partition coefficient (Wildman–Crippen LogP) is 2.62. The summed E-state index contributed by atoms with van der Waals surface area (Å²) in [7, 11) is 0. The first-order valence-electron chi connectivity index (χ1n) is 7.68. The number of thiazole rings is 1. The van der Waals surface area contributed by atoms with Gasteiger partial charge in [-0.25, -0.2) is 4.98 Å². The molecule has 0 saturated heterocycles. The van der Waals surface area contributed by atoms with Gasteiger partial charge in [0.15, 0.2) is 5.13 Å². The standard InChI is InChI=1S/C15H25N3O2S/c1-11(19)8-18(14-6-4-3-5-7-14)9-13-10-21-15(17-13)16-12(2)20/h10-11,14,19H,3-9H2,1-2H3,(H,16,17,20). The largest absolute Gasteiger partial charge is 0.392 e. The Labute approximate surface area is 130 Å². The van der Waals surface area contributed by atoms with E-state index < -0.39 is 0 Å². The molecule has 1 amide bonds. The molecule has 0 aromatic carbocycles. The van der Waals surface area contributed by atoms with Crippen LogP contribution in [0.2, 0.25) is 0 Å². The number of hydrogen-bond acceptors (Lipinski definition) is 5. The monoisotopic (exact) mass is 311 g/mol. The minimum Gasteiger partial charge on any atom is -0.392 e. The van der Waals surface area contributed by atoms with Gasteiger partial charge in [-0.2, -0.15) is 0 Å². The number of aromatic nitrogens is 1. The Bertz CT molecular complexity index is 456. The minimum atomic E-state index is -0.333. The van der Waals surface area contributed by atoms with Crippen LogP contribution in [0.4, 0.5) is 5.13 Å². The summed E-state index contributed by atoms with van der Waals surface area (Å²) >= 11 is 1.45. The Hall–Kier alpha value is -0.980. The lowest BCUT2D eigenvalue weighted by atomic mass is 9.94. The maximum absolute atomic E-state index is 11.0. The molecule has 1 atom stereocenters. The molecule has 1 aromatic rings. The third kappa shape index (κ3) is 5.37. The van der Waals surface area contributed by atoms with Crippen molar-refractivity contribution in [3.05, 3.63) is 11.1 Å².